The Morgan fingerprint density at radius 1 is 1.41 bits per heavy atom. The van der Waals surface area contributed by atoms with Gasteiger partial charge < -0.3 is 10.1 Å². The van der Waals surface area contributed by atoms with Crippen LogP contribution >= 0.6 is 12.4 Å². The molecule has 0 amide bonds. The largest absolute Gasteiger partial charge is 0.380 e. The summed E-state index contributed by atoms with van der Waals surface area (Å²) in [5.41, 5.74) is 2.56. The molecule has 0 spiro atoms. The van der Waals surface area contributed by atoms with Crippen LogP contribution in [0.1, 0.15) is 39.0 Å². The van der Waals surface area contributed by atoms with E-state index in [0.29, 0.717) is 0 Å². The van der Waals surface area contributed by atoms with Crippen molar-refractivity contribution >= 4 is 12.4 Å². The van der Waals surface area contributed by atoms with E-state index in [0.717, 1.165) is 26.3 Å². The van der Waals surface area contributed by atoms with Crippen molar-refractivity contribution in [3.8, 4) is 0 Å². The molecule has 1 heterocycles. The quantitative estimate of drug-likeness (QED) is 0.773. The Morgan fingerprint density at radius 2 is 2.12 bits per heavy atom. The van der Waals surface area contributed by atoms with Crippen LogP contribution in [-0.4, -0.2) is 30.0 Å². The van der Waals surface area contributed by atoms with Gasteiger partial charge in [-0.1, -0.05) is 20.8 Å². The first kappa shape index (κ1) is 16.4. The molecule has 5 heteroatoms. The van der Waals surface area contributed by atoms with Gasteiger partial charge in [0.25, 0.3) is 0 Å². The van der Waals surface area contributed by atoms with Crippen LogP contribution in [0.3, 0.4) is 0 Å². The molecule has 2 N–H and O–H groups in total. The first-order valence-corrected chi connectivity index (χ1v) is 5.87. The van der Waals surface area contributed by atoms with Crippen molar-refractivity contribution in [3.63, 3.8) is 0 Å². The molecule has 0 atom stereocenters. The zero-order valence-corrected chi connectivity index (χ0v) is 12.0. The van der Waals surface area contributed by atoms with E-state index in [1.54, 1.807) is 0 Å². The van der Waals surface area contributed by atoms with E-state index in [4.69, 9.17) is 4.74 Å². The van der Waals surface area contributed by atoms with Gasteiger partial charge in [0, 0.05) is 36.4 Å². The van der Waals surface area contributed by atoms with Gasteiger partial charge in [0.05, 0.1) is 12.8 Å². The van der Waals surface area contributed by atoms with Crippen LogP contribution < -0.4 is 5.32 Å². The van der Waals surface area contributed by atoms with Crippen LogP contribution in [0.4, 0.5) is 0 Å². The average molecular weight is 262 g/mol. The second-order valence-corrected chi connectivity index (χ2v) is 4.89. The Kier molecular flexibility index (Phi) is 7.43. The molecule has 1 aromatic rings. The highest BCUT2D eigenvalue weighted by Crippen LogP contribution is 2.22. The number of halogens is 1. The zero-order valence-electron chi connectivity index (χ0n) is 11.2. The SMILES string of the molecule is CCOCCNCc1cn[nH]c1C(C)(C)C.Cl. The third-order valence-electron chi connectivity index (χ3n) is 2.41. The lowest BCUT2D eigenvalue weighted by atomic mass is 9.89. The Bertz CT molecular complexity index is 307. The van der Waals surface area contributed by atoms with Gasteiger partial charge in [-0.15, -0.1) is 12.4 Å². The van der Waals surface area contributed by atoms with E-state index >= 15 is 0 Å². The van der Waals surface area contributed by atoms with Crippen molar-refractivity contribution in [1.82, 2.24) is 15.5 Å². The van der Waals surface area contributed by atoms with E-state index < -0.39 is 0 Å². The van der Waals surface area contributed by atoms with Gasteiger partial charge in [-0.3, -0.25) is 5.10 Å². The summed E-state index contributed by atoms with van der Waals surface area (Å²) >= 11 is 0. The molecule has 100 valence electrons. The molecule has 0 radical (unpaired) electrons. The van der Waals surface area contributed by atoms with Gasteiger partial charge in [-0.2, -0.15) is 5.10 Å². The van der Waals surface area contributed by atoms with Crippen LogP contribution in [-0.2, 0) is 16.7 Å². The predicted octanol–water partition coefficient (Wildman–Crippen LogP) is 2.26. The number of aromatic nitrogens is 2. The molecule has 0 aliphatic carbocycles. The van der Waals surface area contributed by atoms with Crippen LogP contribution in [0.2, 0.25) is 0 Å². The number of nitrogens with zero attached hydrogens (tertiary/aromatic N) is 1. The Hall–Kier alpha value is -0.580. The van der Waals surface area contributed by atoms with Crippen molar-refractivity contribution in [2.75, 3.05) is 19.8 Å². The summed E-state index contributed by atoms with van der Waals surface area (Å²) in [5, 5.41) is 10.5. The molecular weight excluding hydrogens is 238 g/mol. The molecule has 1 rings (SSSR count). The van der Waals surface area contributed by atoms with Crippen LogP contribution in [0, 0.1) is 0 Å². The standard InChI is InChI=1S/C12H23N3O.ClH/c1-5-16-7-6-13-8-10-9-14-15-11(10)12(2,3)4;/h9,13H,5-8H2,1-4H3,(H,14,15);1H. The molecule has 4 nitrogen and oxygen atoms in total. The number of hydrogen-bond donors (Lipinski definition) is 2. The normalized spacial score (nSPS) is 11.3. The first-order valence-electron chi connectivity index (χ1n) is 5.87. The zero-order chi connectivity index (χ0) is 12.0. The maximum absolute atomic E-state index is 5.26. The summed E-state index contributed by atoms with van der Waals surface area (Å²) in [5.74, 6) is 0. The van der Waals surface area contributed by atoms with Crippen molar-refractivity contribution in [2.24, 2.45) is 0 Å². The van der Waals surface area contributed by atoms with Crippen molar-refractivity contribution in [3.05, 3.63) is 17.5 Å². The molecule has 0 bridgehead atoms. The second-order valence-electron chi connectivity index (χ2n) is 4.89. The fourth-order valence-electron chi connectivity index (χ4n) is 1.61. The van der Waals surface area contributed by atoms with Gasteiger partial charge >= 0.3 is 0 Å². The molecule has 1 aromatic heterocycles. The van der Waals surface area contributed by atoms with Gasteiger partial charge in [0.1, 0.15) is 0 Å². The third-order valence-corrected chi connectivity index (χ3v) is 2.41. The topological polar surface area (TPSA) is 49.9 Å². The smallest absolute Gasteiger partial charge is 0.0590 e. The van der Waals surface area contributed by atoms with Gasteiger partial charge in [-0.05, 0) is 6.92 Å². The molecule has 0 aliphatic heterocycles. The molecule has 0 unspecified atom stereocenters. The fourth-order valence-corrected chi connectivity index (χ4v) is 1.61. The summed E-state index contributed by atoms with van der Waals surface area (Å²) in [4.78, 5) is 0. The third kappa shape index (κ3) is 5.52. The van der Waals surface area contributed by atoms with Crippen LogP contribution in [0.25, 0.3) is 0 Å². The molecule has 0 saturated carbocycles. The first-order chi connectivity index (χ1) is 7.55. The number of nitrogens with one attached hydrogen (secondary N) is 2. The molecule has 0 fully saturated rings. The van der Waals surface area contributed by atoms with Gasteiger partial charge in [-0.25, -0.2) is 0 Å². The lowest BCUT2D eigenvalue weighted by molar-refractivity contribution is 0.149. The summed E-state index contributed by atoms with van der Waals surface area (Å²) in [7, 11) is 0. The summed E-state index contributed by atoms with van der Waals surface area (Å²) in [6.45, 7) is 11.8. The number of rotatable bonds is 6. The summed E-state index contributed by atoms with van der Waals surface area (Å²) in [6.07, 6.45) is 1.90. The minimum atomic E-state index is 0. The monoisotopic (exact) mass is 261 g/mol. The van der Waals surface area contributed by atoms with Crippen molar-refractivity contribution in [1.29, 1.82) is 0 Å². The van der Waals surface area contributed by atoms with E-state index in [9.17, 15) is 0 Å². The predicted molar refractivity (Wildman–Crippen MR) is 72.7 cm³/mol. The Balaban J connectivity index is 0.00000256. The average Bonchev–Trinajstić information content (AvgIpc) is 2.65. The number of H-pyrrole nitrogens is 1. The highest BCUT2D eigenvalue weighted by molar-refractivity contribution is 5.85. The van der Waals surface area contributed by atoms with Crippen LogP contribution in [0.15, 0.2) is 6.20 Å². The van der Waals surface area contributed by atoms with Crippen molar-refractivity contribution in [2.45, 2.75) is 39.7 Å². The molecule has 0 aliphatic rings. The minimum Gasteiger partial charge on any atom is -0.380 e. The highest BCUT2D eigenvalue weighted by Gasteiger charge is 2.19. The fraction of sp³-hybridized carbons (Fsp3) is 0.750. The Labute approximate surface area is 110 Å². The van der Waals surface area contributed by atoms with E-state index in [2.05, 4.69) is 36.3 Å². The highest BCUT2D eigenvalue weighted by atomic mass is 35.5. The minimum absolute atomic E-state index is 0. The molecule has 0 aromatic carbocycles. The van der Waals surface area contributed by atoms with Gasteiger partial charge in [0.15, 0.2) is 0 Å². The second kappa shape index (κ2) is 7.69. The number of hydrogen-bond acceptors (Lipinski definition) is 3. The lowest BCUT2D eigenvalue weighted by Crippen LogP contribution is -2.22. The molecule has 0 saturated heterocycles. The number of ether oxygens (including phenoxy) is 1. The molecule has 17 heavy (non-hydrogen) atoms. The summed E-state index contributed by atoms with van der Waals surface area (Å²) < 4.78 is 5.26. The Morgan fingerprint density at radius 3 is 2.71 bits per heavy atom. The van der Waals surface area contributed by atoms with E-state index in [1.807, 2.05) is 13.1 Å². The van der Waals surface area contributed by atoms with Crippen molar-refractivity contribution < 1.29 is 4.74 Å². The van der Waals surface area contributed by atoms with E-state index in [1.165, 1.54) is 11.3 Å². The number of aromatic amines is 1. The maximum Gasteiger partial charge on any atom is 0.0590 e. The maximum atomic E-state index is 5.26. The molecular formula is C12H24ClN3O. The summed E-state index contributed by atoms with van der Waals surface area (Å²) in [6, 6.07) is 0. The van der Waals surface area contributed by atoms with Gasteiger partial charge in [0.2, 0.25) is 0 Å². The lowest BCUT2D eigenvalue weighted by Gasteiger charge is -2.18. The van der Waals surface area contributed by atoms with E-state index in [-0.39, 0.29) is 17.8 Å². The van der Waals surface area contributed by atoms with Crippen LogP contribution in [0.5, 0.6) is 0 Å².